The highest BCUT2D eigenvalue weighted by atomic mass is 32.3. The fraction of sp³-hybridized carbons (Fsp3) is 0.105. The lowest BCUT2D eigenvalue weighted by Gasteiger charge is -2.35. The van der Waals surface area contributed by atoms with E-state index in [4.69, 9.17) is 0 Å². The summed E-state index contributed by atoms with van der Waals surface area (Å²) in [6, 6.07) is 31.4. The van der Waals surface area contributed by atoms with Crippen molar-refractivity contribution in [2.24, 2.45) is 0 Å². The van der Waals surface area contributed by atoms with Gasteiger partial charge >= 0.3 is 0 Å². The van der Waals surface area contributed by atoms with E-state index in [-0.39, 0.29) is 5.69 Å². The second-order valence-corrected chi connectivity index (χ2v) is 12.5. The quantitative estimate of drug-likeness (QED) is 0.149. The molecule has 0 bridgehead atoms. The third-order valence-corrected chi connectivity index (χ3v) is 9.15. The lowest BCUT2D eigenvalue weighted by molar-refractivity contribution is 0.569. The average molecular weight is 603 g/mol. The summed E-state index contributed by atoms with van der Waals surface area (Å²) in [5.74, 6) is 1.81. The van der Waals surface area contributed by atoms with Gasteiger partial charge < -0.3 is 0 Å². The normalized spacial score (nSPS) is 15.2. The molecule has 6 rings (SSSR count). The number of halogens is 2. The van der Waals surface area contributed by atoms with Crippen LogP contribution in [0, 0.1) is 20.8 Å². The van der Waals surface area contributed by atoms with Crippen molar-refractivity contribution in [1.29, 1.82) is 0 Å². The molecular formula is C38H32F2N2OS. The number of nitrogens with one attached hydrogen (secondary N) is 1. The maximum Gasteiger partial charge on any atom is 0.232 e. The first-order chi connectivity index (χ1) is 21.2. The van der Waals surface area contributed by atoms with Crippen LogP contribution < -0.4 is 4.72 Å². The predicted molar refractivity (Wildman–Crippen MR) is 181 cm³/mol. The van der Waals surface area contributed by atoms with Crippen LogP contribution in [0.15, 0.2) is 121 Å². The second-order valence-electron chi connectivity index (χ2n) is 11.1. The van der Waals surface area contributed by atoms with Crippen LogP contribution in [0.4, 0.5) is 7.77 Å². The average Bonchev–Trinajstić information content (AvgIpc) is 3.45. The molecular weight excluding hydrogens is 570 g/mol. The molecule has 1 N–H and O–H groups in total. The van der Waals surface area contributed by atoms with Gasteiger partial charge in [0, 0.05) is 17.2 Å². The van der Waals surface area contributed by atoms with E-state index in [9.17, 15) is 4.79 Å². The van der Waals surface area contributed by atoms with Crippen LogP contribution in [0.2, 0.25) is 0 Å². The molecule has 220 valence electrons. The number of fused-ring (bicyclic) bond motifs is 2. The summed E-state index contributed by atoms with van der Waals surface area (Å²) in [5.41, 5.74) is 8.00. The van der Waals surface area contributed by atoms with Crippen molar-refractivity contribution >= 4 is 45.1 Å². The Hall–Kier alpha value is -4.90. The van der Waals surface area contributed by atoms with Gasteiger partial charge in [0.25, 0.3) is 0 Å². The molecule has 0 atom stereocenters. The van der Waals surface area contributed by atoms with Gasteiger partial charge in [-0.1, -0.05) is 96.6 Å². The van der Waals surface area contributed by atoms with Crippen molar-refractivity contribution in [2.45, 2.75) is 27.2 Å². The molecule has 0 spiro atoms. The summed E-state index contributed by atoms with van der Waals surface area (Å²) in [5, 5.41) is 2.31. The van der Waals surface area contributed by atoms with Crippen LogP contribution in [0.5, 0.6) is 0 Å². The number of aryl methyl sites for hydroxylation is 3. The lowest BCUT2D eigenvalue weighted by atomic mass is 9.90. The molecule has 1 aliphatic rings. The van der Waals surface area contributed by atoms with Gasteiger partial charge in [-0.15, -0.1) is 7.77 Å². The van der Waals surface area contributed by atoms with Gasteiger partial charge in [0.15, 0.2) is 0 Å². The van der Waals surface area contributed by atoms with Crippen LogP contribution in [-0.2, 0) is 11.2 Å². The molecule has 0 unspecified atom stereocenters. The largest absolute Gasteiger partial charge is 0.282 e. The molecule has 0 saturated carbocycles. The number of hydrogen-bond acceptors (Lipinski definition) is 2. The van der Waals surface area contributed by atoms with E-state index in [1.807, 2.05) is 69.3 Å². The molecule has 0 aliphatic carbocycles. The number of benzene rings is 4. The number of hydrogen-bond donors (Lipinski definition) is 1. The van der Waals surface area contributed by atoms with E-state index >= 15 is 7.77 Å². The van der Waals surface area contributed by atoms with Crippen LogP contribution in [0.25, 0.3) is 28.0 Å². The summed E-state index contributed by atoms with van der Waals surface area (Å²) in [7, 11) is 0. The third-order valence-electron chi connectivity index (χ3n) is 7.84. The zero-order valence-corrected chi connectivity index (χ0v) is 25.6. The number of aromatic nitrogens is 1. The number of carbonyl (C=O) groups excluding carboxylic acids is 1. The van der Waals surface area contributed by atoms with Gasteiger partial charge in [-0.25, -0.2) is 8.77 Å². The minimum absolute atomic E-state index is 0.249. The van der Waals surface area contributed by atoms with Gasteiger partial charge in [0.2, 0.25) is 11.2 Å². The molecule has 6 heteroatoms. The van der Waals surface area contributed by atoms with E-state index in [0.717, 1.165) is 48.1 Å². The number of allylic oxidation sites excluding steroid dienone is 4. The van der Waals surface area contributed by atoms with Crippen molar-refractivity contribution in [2.75, 3.05) is 0 Å². The maximum absolute atomic E-state index is 16.3. The third kappa shape index (κ3) is 5.70. The molecule has 4 aromatic carbocycles. The summed E-state index contributed by atoms with van der Waals surface area (Å²) in [6.07, 6.45) is 7.27. The van der Waals surface area contributed by atoms with Crippen LogP contribution >= 0.6 is 11.2 Å². The summed E-state index contributed by atoms with van der Waals surface area (Å²) < 4.78 is 36.3. The van der Waals surface area contributed by atoms with E-state index in [1.165, 1.54) is 6.08 Å². The van der Waals surface area contributed by atoms with Crippen molar-refractivity contribution in [3.8, 4) is 0 Å². The highest BCUT2D eigenvalue weighted by Crippen LogP contribution is 2.58. The molecule has 1 aromatic heterocycles. The molecule has 0 saturated heterocycles. The first-order valence-electron chi connectivity index (χ1n) is 14.4. The van der Waals surface area contributed by atoms with Gasteiger partial charge in [-0.3, -0.25) is 4.72 Å². The Morgan fingerprint density at radius 2 is 1.57 bits per heavy atom. The monoisotopic (exact) mass is 602 g/mol. The topological polar surface area (TPSA) is 34.0 Å². The Morgan fingerprint density at radius 1 is 0.864 bits per heavy atom. The zero-order valence-electron chi connectivity index (χ0n) is 24.8. The van der Waals surface area contributed by atoms with Crippen LogP contribution in [-0.4, -0.2) is 9.91 Å². The predicted octanol–water partition coefficient (Wildman–Crippen LogP) is 9.91. The zero-order chi connectivity index (χ0) is 30.8. The first-order valence-corrected chi connectivity index (χ1v) is 15.8. The Balaban J connectivity index is 1.51. The van der Waals surface area contributed by atoms with Gasteiger partial charge in [0.05, 0.1) is 17.1 Å². The Morgan fingerprint density at radius 3 is 2.30 bits per heavy atom. The highest BCUT2D eigenvalue weighted by Gasteiger charge is 2.38. The number of rotatable bonds is 7. The molecule has 0 fully saturated rings. The highest BCUT2D eigenvalue weighted by molar-refractivity contribution is 8.22. The van der Waals surface area contributed by atoms with Crippen molar-refractivity contribution in [3.63, 3.8) is 0 Å². The molecule has 3 nitrogen and oxygen atoms in total. The van der Waals surface area contributed by atoms with Crippen LogP contribution in [0.1, 0.15) is 44.8 Å². The number of nitrogens with zero attached hydrogens (tertiary/aromatic N) is 1. The van der Waals surface area contributed by atoms with Crippen LogP contribution in [0.3, 0.4) is 0 Å². The second kappa shape index (κ2) is 12.0. The van der Waals surface area contributed by atoms with Gasteiger partial charge in [0.1, 0.15) is 5.94 Å². The van der Waals surface area contributed by atoms with Gasteiger partial charge in [-0.05, 0) is 90.1 Å². The molecule has 0 amide bonds. The molecule has 1 aliphatic heterocycles. The Bertz CT molecular complexity index is 2010. The smallest absolute Gasteiger partial charge is 0.232 e. The minimum atomic E-state index is -4.57. The standard InChI is InChI=1S/C38H32F2N2OS/c1-26-22-27(2)37(28(3)23-26)38-34(15-9-12-30-16-17-31-13-7-8-14-32(31)24-30)41-44(39,40)42-35(18-19-36(38)42)33(20-21-43)25-29-10-5-4-6-11-29/h4-11,13-20,22-25,41H,12H2,1-3H3/b15-9-,33-25+. The fourth-order valence-electron chi connectivity index (χ4n) is 6.05. The Kier molecular flexibility index (Phi) is 7.96. The SMILES string of the molecule is Cc1cc(C)c(C2=C(/C=C\Cc3ccc4ccccc4c3)NS(F)(F)n3c2ccc3/C(C=C=O)=C/c2ccccc2)c(C)c1. The molecule has 0 radical (unpaired) electrons. The van der Waals surface area contributed by atoms with E-state index in [0.29, 0.717) is 29.0 Å². The molecule has 2 heterocycles. The maximum atomic E-state index is 16.3. The van der Waals surface area contributed by atoms with Crippen molar-refractivity contribution in [1.82, 2.24) is 8.69 Å². The summed E-state index contributed by atoms with van der Waals surface area (Å²) in [6.45, 7) is 6.07. The minimum Gasteiger partial charge on any atom is -0.282 e. The fourth-order valence-corrected chi connectivity index (χ4v) is 7.39. The van der Waals surface area contributed by atoms with Crippen molar-refractivity contribution < 1.29 is 12.6 Å². The molecule has 44 heavy (non-hydrogen) atoms. The van der Waals surface area contributed by atoms with E-state index < -0.39 is 11.2 Å². The van der Waals surface area contributed by atoms with E-state index in [1.54, 1.807) is 30.2 Å². The van der Waals surface area contributed by atoms with Crippen molar-refractivity contribution in [3.05, 3.63) is 166 Å². The Labute approximate surface area is 258 Å². The lowest BCUT2D eigenvalue weighted by Crippen LogP contribution is -2.27. The first kappa shape index (κ1) is 29.2. The molecule has 5 aromatic rings. The summed E-state index contributed by atoms with van der Waals surface area (Å²) in [4.78, 5) is 11.6. The van der Waals surface area contributed by atoms with E-state index in [2.05, 4.69) is 47.2 Å². The summed E-state index contributed by atoms with van der Waals surface area (Å²) >= 11 is -4.57. The van der Waals surface area contributed by atoms with Gasteiger partial charge in [-0.2, -0.15) is 0 Å².